The minimum atomic E-state index is -4.77. The number of carbonyl (C=O) groups is 1. The molecule has 1 atom stereocenters. The number of thiazole rings is 1. The van der Waals surface area contributed by atoms with Gasteiger partial charge in [0.25, 0.3) is 0 Å². The number of aromatic nitrogens is 1. The Labute approximate surface area is 202 Å². The molecule has 0 fully saturated rings. The molecule has 34 heavy (non-hydrogen) atoms. The minimum Gasteiger partial charge on any atom is -0.478 e. The second-order valence-corrected chi connectivity index (χ2v) is 8.78. The van der Waals surface area contributed by atoms with Crippen LogP contribution in [0.2, 0.25) is 5.02 Å². The minimum absolute atomic E-state index is 0.174. The molecule has 1 heterocycles. The van der Waals surface area contributed by atoms with Crippen LogP contribution in [0.1, 0.15) is 32.4 Å². The SMILES string of the molecule is O=C(O)c1ccc(CC(c2ccc(OC(F)(F)F)cc2)c2nc(-c3ccc(Cl)cc3)cs2)cc1. The van der Waals surface area contributed by atoms with Crippen molar-refractivity contribution in [3.8, 4) is 17.0 Å². The van der Waals surface area contributed by atoms with E-state index in [1.54, 1.807) is 36.4 Å². The molecule has 1 aromatic heterocycles. The van der Waals surface area contributed by atoms with Gasteiger partial charge in [-0.25, -0.2) is 9.78 Å². The first-order valence-corrected chi connectivity index (χ1v) is 11.3. The van der Waals surface area contributed by atoms with E-state index in [0.717, 1.165) is 27.4 Å². The van der Waals surface area contributed by atoms with Gasteiger partial charge >= 0.3 is 12.3 Å². The summed E-state index contributed by atoms with van der Waals surface area (Å²) in [6.45, 7) is 0. The Morgan fingerprint density at radius 3 is 2.24 bits per heavy atom. The summed E-state index contributed by atoms with van der Waals surface area (Å²) < 4.78 is 41.6. The highest BCUT2D eigenvalue weighted by Gasteiger charge is 2.31. The molecule has 0 aliphatic carbocycles. The largest absolute Gasteiger partial charge is 0.573 e. The van der Waals surface area contributed by atoms with Gasteiger partial charge in [0.15, 0.2) is 0 Å². The van der Waals surface area contributed by atoms with Crippen molar-refractivity contribution in [3.05, 3.63) is 105 Å². The molecule has 4 nitrogen and oxygen atoms in total. The Bertz CT molecular complexity index is 1270. The highest BCUT2D eigenvalue weighted by molar-refractivity contribution is 7.10. The highest BCUT2D eigenvalue weighted by Crippen LogP contribution is 2.35. The van der Waals surface area contributed by atoms with Crippen LogP contribution in [0.25, 0.3) is 11.3 Å². The van der Waals surface area contributed by atoms with Crippen molar-refractivity contribution < 1.29 is 27.8 Å². The summed E-state index contributed by atoms with van der Waals surface area (Å²) in [5, 5.41) is 12.4. The monoisotopic (exact) mass is 503 g/mol. The Balaban J connectivity index is 1.66. The third-order valence-electron chi connectivity index (χ3n) is 5.12. The summed E-state index contributed by atoms with van der Waals surface area (Å²) in [5.74, 6) is -1.58. The summed E-state index contributed by atoms with van der Waals surface area (Å²) in [6.07, 6.45) is -4.29. The molecule has 9 heteroatoms. The molecular weight excluding hydrogens is 487 g/mol. The molecule has 0 spiro atoms. The maximum atomic E-state index is 12.6. The fraction of sp³-hybridized carbons (Fsp3) is 0.120. The zero-order valence-electron chi connectivity index (χ0n) is 17.4. The summed E-state index contributed by atoms with van der Waals surface area (Å²) >= 11 is 7.42. The van der Waals surface area contributed by atoms with Crippen molar-refractivity contribution in [3.63, 3.8) is 0 Å². The highest BCUT2D eigenvalue weighted by atomic mass is 35.5. The van der Waals surface area contributed by atoms with Gasteiger partial charge in [0, 0.05) is 21.9 Å². The van der Waals surface area contributed by atoms with Crippen molar-refractivity contribution >= 4 is 28.9 Å². The van der Waals surface area contributed by atoms with E-state index >= 15 is 0 Å². The van der Waals surface area contributed by atoms with Crippen LogP contribution < -0.4 is 4.74 Å². The van der Waals surface area contributed by atoms with Crippen LogP contribution >= 0.6 is 22.9 Å². The number of hydrogen-bond acceptors (Lipinski definition) is 4. The molecule has 1 N–H and O–H groups in total. The third-order valence-corrected chi connectivity index (χ3v) is 6.33. The van der Waals surface area contributed by atoms with E-state index in [1.165, 1.54) is 35.6 Å². The lowest BCUT2D eigenvalue weighted by atomic mass is 9.92. The molecule has 4 rings (SSSR count). The van der Waals surface area contributed by atoms with Crippen molar-refractivity contribution in [2.24, 2.45) is 0 Å². The predicted molar refractivity (Wildman–Crippen MR) is 125 cm³/mol. The van der Waals surface area contributed by atoms with E-state index < -0.39 is 12.3 Å². The number of carboxylic acid groups (broad SMARTS) is 1. The first kappa shape index (κ1) is 23.8. The molecule has 1 unspecified atom stereocenters. The first-order chi connectivity index (χ1) is 16.2. The van der Waals surface area contributed by atoms with Crippen molar-refractivity contribution in [1.82, 2.24) is 4.98 Å². The van der Waals surface area contributed by atoms with Gasteiger partial charge in [-0.1, -0.05) is 48.0 Å². The molecule has 0 saturated heterocycles. The zero-order valence-corrected chi connectivity index (χ0v) is 19.0. The van der Waals surface area contributed by atoms with Crippen LogP contribution in [-0.4, -0.2) is 22.4 Å². The topological polar surface area (TPSA) is 59.4 Å². The third kappa shape index (κ3) is 5.95. The van der Waals surface area contributed by atoms with E-state index in [9.17, 15) is 18.0 Å². The van der Waals surface area contributed by atoms with Crippen LogP contribution in [0.3, 0.4) is 0 Å². The second-order valence-electron chi connectivity index (χ2n) is 7.45. The summed E-state index contributed by atoms with van der Waals surface area (Å²) in [4.78, 5) is 15.9. The fourth-order valence-corrected chi connectivity index (χ4v) is 4.55. The van der Waals surface area contributed by atoms with Crippen LogP contribution in [-0.2, 0) is 6.42 Å². The fourth-order valence-electron chi connectivity index (χ4n) is 3.47. The van der Waals surface area contributed by atoms with Gasteiger partial charge in [0.05, 0.1) is 11.3 Å². The molecule has 3 aromatic carbocycles. The van der Waals surface area contributed by atoms with Gasteiger partial charge in [-0.05, 0) is 53.9 Å². The number of nitrogens with zero attached hydrogens (tertiary/aromatic N) is 1. The molecule has 174 valence electrons. The lowest BCUT2D eigenvalue weighted by molar-refractivity contribution is -0.274. The molecule has 0 amide bonds. The number of benzene rings is 3. The van der Waals surface area contributed by atoms with Crippen LogP contribution in [0.5, 0.6) is 5.75 Å². The maximum absolute atomic E-state index is 12.6. The van der Waals surface area contributed by atoms with Gasteiger partial charge in [-0.2, -0.15) is 0 Å². The summed E-state index contributed by atoms with van der Waals surface area (Å²) in [7, 11) is 0. The lowest BCUT2D eigenvalue weighted by Crippen LogP contribution is -2.17. The quantitative estimate of drug-likeness (QED) is 0.285. The summed E-state index contributed by atoms with van der Waals surface area (Å²) in [5.41, 5.74) is 3.46. The van der Waals surface area contributed by atoms with E-state index in [0.29, 0.717) is 11.4 Å². The molecule has 0 bridgehead atoms. The number of ether oxygens (including phenoxy) is 1. The van der Waals surface area contributed by atoms with Gasteiger partial charge in [0.1, 0.15) is 10.8 Å². The van der Waals surface area contributed by atoms with Gasteiger partial charge in [-0.15, -0.1) is 24.5 Å². The molecule has 0 radical (unpaired) electrons. The normalized spacial score (nSPS) is 12.4. The molecule has 4 aromatic rings. The van der Waals surface area contributed by atoms with Gasteiger partial charge < -0.3 is 9.84 Å². The number of rotatable bonds is 7. The number of hydrogen-bond donors (Lipinski definition) is 1. The number of alkyl halides is 3. The molecule has 0 saturated carbocycles. The van der Waals surface area contributed by atoms with Crippen LogP contribution in [0, 0.1) is 0 Å². The van der Waals surface area contributed by atoms with Crippen molar-refractivity contribution in [1.29, 1.82) is 0 Å². The van der Waals surface area contributed by atoms with Crippen LogP contribution in [0.15, 0.2) is 78.2 Å². The number of carboxylic acids is 1. The molecule has 0 aliphatic heterocycles. The number of halogens is 4. The first-order valence-electron chi connectivity index (χ1n) is 10.1. The lowest BCUT2D eigenvalue weighted by Gasteiger charge is -2.17. The Kier molecular flexibility index (Phi) is 6.90. The van der Waals surface area contributed by atoms with Gasteiger partial charge in [-0.3, -0.25) is 0 Å². The standard InChI is InChI=1S/C25H17ClF3NO3S/c26-19-9-5-17(6-10-19)22-14-34-23(30-22)21(13-15-1-3-18(4-2-15)24(31)32)16-7-11-20(12-8-16)33-25(27,28)29/h1-12,14,21H,13H2,(H,31,32). The van der Waals surface area contributed by atoms with Crippen molar-refractivity contribution in [2.45, 2.75) is 18.7 Å². The zero-order chi connectivity index (χ0) is 24.3. The predicted octanol–water partition coefficient (Wildman–Crippen LogP) is 7.43. The van der Waals surface area contributed by atoms with Crippen LogP contribution in [0.4, 0.5) is 13.2 Å². The van der Waals surface area contributed by atoms with E-state index in [-0.39, 0.29) is 17.2 Å². The molecule has 0 aliphatic rings. The average Bonchev–Trinajstić information content (AvgIpc) is 3.28. The summed E-state index contributed by atoms with van der Waals surface area (Å²) in [6, 6.07) is 19.5. The van der Waals surface area contributed by atoms with E-state index in [2.05, 4.69) is 4.74 Å². The smallest absolute Gasteiger partial charge is 0.478 e. The molecular formula is C25H17ClF3NO3S. The maximum Gasteiger partial charge on any atom is 0.573 e. The Hall–Kier alpha value is -3.36. The van der Waals surface area contributed by atoms with Crippen molar-refractivity contribution in [2.75, 3.05) is 0 Å². The van der Waals surface area contributed by atoms with Gasteiger partial charge in [0.2, 0.25) is 0 Å². The number of aromatic carboxylic acids is 1. The Morgan fingerprint density at radius 2 is 1.65 bits per heavy atom. The average molecular weight is 504 g/mol. The van der Waals surface area contributed by atoms with E-state index in [1.807, 2.05) is 17.5 Å². The Morgan fingerprint density at radius 1 is 1.00 bits per heavy atom. The second kappa shape index (κ2) is 9.87. The van der Waals surface area contributed by atoms with E-state index in [4.69, 9.17) is 21.7 Å².